The molecule has 0 spiro atoms. The van der Waals surface area contributed by atoms with Gasteiger partial charge in [-0.25, -0.2) is 4.79 Å². The van der Waals surface area contributed by atoms with Gasteiger partial charge < -0.3 is 15.2 Å². The first-order chi connectivity index (χ1) is 9.42. The molecule has 0 aromatic heterocycles. The van der Waals surface area contributed by atoms with E-state index >= 15 is 0 Å². The summed E-state index contributed by atoms with van der Waals surface area (Å²) in [4.78, 5) is 33.1. The van der Waals surface area contributed by atoms with Crippen LogP contribution in [0.15, 0.2) is 24.3 Å². The molecule has 1 atom stereocenters. The smallest absolute Gasteiger partial charge is 0.321 e. The van der Waals surface area contributed by atoms with E-state index in [1.54, 1.807) is 24.3 Å². The maximum absolute atomic E-state index is 11.6. The lowest BCUT2D eigenvalue weighted by Crippen LogP contribution is -2.43. The van der Waals surface area contributed by atoms with Crippen LogP contribution in [0.1, 0.15) is 12.5 Å². The first-order valence-corrected chi connectivity index (χ1v) is 5.92. The lowest BCUT2D eigenvalue weighted by atomic mass is 10.1. The predicted octanol–water partition coefficient (Wildman–Crippen LogP) is 0.537. The molecule has 0 aliphatic heterocycles. The molecule has 0 bridgehead atoms. The number of imide groups is 1. The zero-order valence-electron chi connectivity index (χ0n) is 11.2. The number of amides is 3. The van der Waals surface area contributed by atoms with E-state index in [9.17, 15) is 14.4 Å². The summed E-state index contributed by atoms with van der Waals surface area (Å²) in [5.41, 5.74) is 0.632. The zero-order chi connectivity index (χ0) is 15.1. The molecule has 3 amide bonds. The number of benzene rings is 1. The second kappa shape index (κ2) is 7.13. The van der Waals surface area contributed by atoms with E-state index in [4.69, 9.17) is 9.84 Å². The number of aliphatic carboxylic acids is 1. The van der Waals surface area contributed by atoms with E-state index in [1.807, 2.05) is 0 Å². The van der Waals surface area contributed by atoms with Crippen LogP contribution in [-0.2, 0) is 16.0 Å². The van der Waals surface area contributed by atoms with Crippen molar-refractivity contribution >= 4 is 17.9 Å². The van der Waals surface area contributed by atoms with Crippen LogP contribution >= 0.6 is 0 Å². The SMILES string of the molecule is CNC(=O)NC(=O)C(C)Oc1ccc(CC(=O)O)cc1. The molecule has 0 fully saturated rings. The van der Waals surface area contributed by atoms with Gasteiger partial charge in [0.25, 0.3) is 5.91 Å². The summed E-state index contributed by atoms with van der Waals surface area (Å²) < 4.78 is 5.34. The molecular formula is C13H16N2O5. The minimum absolute atomic E-state index is 0.0764. The molecule has 3 N–H and O–H groups in total. The fraction of sp³-hybridized carbons (Fsp3) is 0.308. The molecule has 1 rings (SSSR count). The number of hydrogen-bond donors (Lipinski definition) is 3. The van der Waals surface area contributed by atoms with Gasteiger partial charge in [0.2, 0.25) is 0 Å². The van der Waals surface area contributed by atoms with E-state index < -0.39 is 24.0 Å². The monoisotopic (exact) mass is 280 g/mol. The van der Waals surface area contributed by atoms with Gasteiger partial charge in [0.1, 0.15) is 5.75 Å². The van der Waals surface area contributed by atoms with Crippen molar-refractivity contribution in [2.24, 2.45) is 0 Å². The van der Waals surface area contributed by atoms with Crippen LogP contribution in [0.5, 0.6) is 5.75 Å². The first-order valence-electron chi connectivity index (χ1n) is 5.92. The molecule has 0 radical (unpaired) electrons. The van der Waals surface area contributed by atoms with Gasteiger partial charge in [0.15, 0.2) is 6.10 Å². The molecule has 0 saturated heterocycles. The van der Waals surface area contributed by atoms with Gasteiger partial charge in [0, 0.05) is 7.05 Å². The Kier molecular flexibility index (Phi) is 5.52. The van der Waals surface area contributed by atoms with Crippen LogP contribution in [0.4, 0.5) is 4.79 Å². The van der Waals surface area contributed by atoms with Gasteiger partial charge >= 0.3 is 12.0 Å². The van der Waals surface area contributed by atoms with Gasteiger partial charge in [-0.1, -0.05) is 12.1 Å². The third-order valence-electron chi connectivity index (χ3n) is 2.42. The summed E-state index contributed by atoms with van der Waals surface area (Å²) in [5, 5.41) is 13.0. The zero-order valence-corrected chi connectivity index (χ0v) is 11.2. The Morgan fingerprint density at radius 1 is 1.25 bits per heavy atom. The highest BCUT2D eigenvalue weighted by molar-refractivity contribution is 5.96. The maximum Gasteiger partial charge on any atom is 0.321 e. The number of carbonyl (C=O) groups is 3. The normalized spacial score (nSPS) is 11.3. The van der Waals surface area contributed by atoms with Crippen LogP contribution in [0.2, 0.25) is 0 Å². The summed E-state index contributed by atoms with van der Waals surface area (Å²) in [6.45, 7) is 1.50. The number of rotatable bonds is 5. The molecule has 1 aromatic carbocycles. The van der Waals surface area contributed by atoms with Crippen LogP contribution in [-0.4, -0.2) is 36.2 Å². The fourth-order valence-electron chi connectivity index (χ4n) is 1.39. The largest absolute Gasteiger partial charge is 0.481 e. The lowest BCUT2D eigenvalue weighted by Gasteiger charge is -2.14. The van der Waals surface area contributed by atoms with E-state index in [0.29, 0.717) is 11.3 Å². The van der Waals surface area contributed by atoms with Crippen molar-refractivity contribution < 1.29 is 24.2 Å². The van der Waals surface area contributed by atoms with E-state index in [-0.39, 0.29) is 6.42 Å². The summed E-state index contributed by atoms with van der Waals surface area (Å²) in [6.07, 6.45) is -0.926. The minimum atomic E-state index is -0.919. The Hall–Kier alpha value is -2.57. The quantitative estimate of drug-likeness (QED) is 0.730. The summed E-state index contributed by atoms with van der Waals surface area (Å²) in [6, 6.07) is 5.74. The van der Waals surface area contributed by atoms with Gasteiger partial charge in [-0.15, -0.1) is 0 Å². The Balaban J connectivity index is 2.57. The van der Waals surface area contributed by atoms with Crippen molar-refractivity contribution in [2.75, 3.05) is 7.05 Å². The Morgan fingerprint density at radius 2 is 1.85 bits per heavy atom. The average molecular weight is 280 g/mol. The number of ether oxygens (including phenoxy) is 1. The molecule has 0 saturated carbocycles. The summed E-state index contributed by atoms with van der Waals surface area (Å²) in [5.74, 6) is -1.07. The van der Waals surface area contributed by atoms with E-state index in [2.05, 4.69) is 10.6 Å². The second-order valence-electron chi connectivity index (χ2n) is 4.04. The summed E-state index contributed by atoms with van der Waals surface area (Å²) in [7, 11) is 1.40. The van der Waals surface area contributed by atoms with Crippen molar-refractivity contribution in [1.29, 1.82) is 0 Å². The number of nitrogens with one attached hydrogen (secondary N) is 2. The molecule has 0 aliphatic rings. The molecule has 7 heteroatoms. The van der Waals surface area contributed by atoms with Crippen molar-refractivity contribution in [3.05, 3.63) is 29.8 Å². The Labute approximate surface area is 115 Å². The Morgan fingerprint density at radius 3 is 2.35 bits per heavy atom. The molecule has 20 heavy (non-hydrogen) atoms. The second-order valence-corrected chi connectivity index (χ2v) is 4.04. The highest BCUT2D eigenvalue weighted by Crippen LogP contribution is 2.14. The van der Waals surface area contributed by atoms with Crippen molar-refractivity contribution in [3.8, 4) is 5.75 Å². The van der Waals surface area contributed by atoms with Gasteiger partial charge in [-0.05, 0) is 24.6 Å². The maximum atomic E-state index is 11.6. The van der Waals surface area contributed by atoms with Crippen LogP contribution in [0.3, 0.4) is 0 Å². The molecular weight excluding hydrogens is 264 g/mol. The van der Waals surface area contributed by atoms with Crippen molar-refractivity contribution in [3.63, 3.8) is 0 Å². The fourth-order valence-corrected chi connectivity index (χ4v) is 1.39. The van der Waals surface area contributed by atoms with Crippen LogP contribution < -0.4 is 15.4 Å². The molecule has 108 valence electrons. The summed E-state index contributed by atoms with van der Waals surface area (Å²) >= 11 is 0. The first kappa shape index (κ1) is 15.5. The molecule has 0 heterocycles. The number of carboxylic acid groups (broad SMARTS) is 1. The van der Waals surface area contributed by atoms with E-state index in [0.717, 1.165) is 0 Å². The van der Waals surface area contributed by atoms with Crippen molar-refractivity contribution in [1.82, 2.24) is 10.6 Å². The van der Waals surface area contributed by atoms with Gasteiger partial charge in [-0.3, -0.25) is 14.9 Å². The van der Waals surface area contributed by atoms with Crippen molar-refractivity contribution in [2.45, 2.75) is 19.4 Å². The van der Waals surface area contributed by atoms with E-state index in [1.165, 1.54) is 14.0 Å². The standard InChI is InChI=1S/C13H16N2O5/c1-8(12(18)15-13(19)14-2)20-10-5-3-9(4-6-10)7-11(16)17/h3-6,8H,7H2,1-2H3,(H,16,17)(H2,14,15,18,19). The highest BCUT2D eigenvalue weighted by atomic mass is 16.5. The number of urea groups is 1. The van der Waals surface area contributed by atoms with Crippen LogP contribution in [0.25, 0.3) is 0 Å². The van der Waals surface area contributed by atoms with Crippen LogP contribution in [0, 0.1) is 0 Å². The number of carbonyl (C=O) groups excluding carboxylic acids is 2. The number of hydrogen-bond acceptors (Lipinski definition) is 4. The average Bonchev–Trinajstić information content (AvgIpc) is 2.40. The molecule has 7 nitrogen and oxygen atoms in total. The Bertz CT molecular complexity index is 498. The lowest BCUT2D eigenvalue weighted by molar-refractivity contribution is -0.136. The topological polar surface area (TPSA) is 105 Å². The third kappa shape index (κ3) is 4.97. The molecule has 1 unspecified atom stereocenters. The highest BCUT2D eigenvalue weighted by Gasteiger charge is 2.16. The minimum Gasteiger partial charge on any atom is -0.481 e. The molecule has 0 aliphatic carbocycles. The number of carboxylic acids is 1. The van der Waals surface area contributed by atoms with Gasteiger partial charge in [0.05, 0.1) is 6.42 Å². The third-order valence-corrected chi connectivity index (χ3v) is 2.42. The van der Waals surface area contributed by atoms with Gasteiger partial charge in [-0.2, -0.15) is 0 Å². The predicted molar refractivity (Wildman–Crippen MR) is 70.5 cm³/mol. The molecule has 1 aromatic rings.